The molecule has 1 aliphatic rings. The molecule has 0 saturated heterocycles. The fraction of sp³-hybridized carbons (Fsp3) is 0.167. The van der Waals surface area contributed by atoms with Gasteiger partial charge in [0.25, 0.3) is 0 Å². The number of nitrogens with zero attached hydrogens (tertiary/aromatic N) is 2. The van der Waals surface area contributed by atoms with Crippen LogP contribution in [0.15, 0.2) is 134 Å². The predicted molar refractivity (Wildman–Crippen MR) is 154 cm³/mol. The van der Waals surface area contributed by atoms with Crippen LogP contribution < -0.4 is 57.1 Å². The third-order valence-corrected chi connectivity index (χ3v) is 8.79. The van der Waals surface area contributed by atoms with Crippen molar-refractivity contribution in [2.24, 2.45) is 14.1 Å². The molecule has 40 heavy (non-hydrogen) atoms. The van der Waals surface area contributed by atoms with Crippen LogP contribution in [0.5, 0.6) is 0 Å². The minimum Gasteiger partial charge on any atom is -1.00 e. The summed E-state index contributed by atoms with van der Waals surface area (Å²) in [6, 6.07) is 44.8. The lowest BCUT2D eigenvalue weighted by atomic mass is 9.50. The van der Waals surface area contributed by atoms with Gasteiger partial charge in [-0.2, -0.15) is 0 Å². The standard InChI is InChI=1S/C36H32N2.2HI/c1-37-23-9-7-21-31(37)35-33(29-19-11-15-25-13-3-5-17-27(25)29)36(32-22-8-10-24-38(32)2)34(35)30-20-12-16-26-14-4-6-18-28(26)30;;/h3-24,33-36H,1-2H3;2*1H/q+2;;/p-2. The minimum absolute atomic E-state index is 0. The lowest BCUT2D eigenvalue weighted by Gasteiger charge is -2.50. The van der Waals surface area contributed by atoms with Gasteiger partial charge in [-0.05, 0) is 32.7 Å². The van der Waals surface area contributed by atoms with E-state index in [1.54, 1.807) is 0 Å². The number of halogens is 2. The van der Waals surface area contributed by atoms with Crippen LogP contribution in [0.3, 0.4) is 0 Å². The summed E-state index contributed by atoms with van der Waals surface area (Å²) in [6.45, 7) is 0. The normalized spacial score (nSPS) is 19.9. The first-order valence-electron chi connectivity index (χ1n) is 13.6. The second-order valence-electron chi connectivity index (χ2n) is 10.7. The Morgan fingerprint density at radius 2 is 0.775 bits per heavy atom. The summed E-state index contributed by atoms with van der Waals surface area (Å²) in [7, 11) is 4.40. The first-order chi connectivity index (χ1) is 18.7. The van der Waals surface area contributed by atoms with Crippen LogP contribution in [-0.2, 0) is 14.1 Å². The molecular formula is C36H32I2N2. The Labute approximate surface area is 270 Å². The predicted octanol–water partition coefficient (Wildman–Crippen LogP) is 1.10. The Balaban J connectivity index is 0.00000161. The van der Waals surface area contributed by atoms with Gasteiger partial charge in [-0.15, -0.1) is 0 Å². The third-order valence-electron chi connectivity index (χ3n) is 8.79. The molecule has 0 unspecified atom stereocenters. The molecule has 6 aromatic rings. The molecule has 4 heteroatoms. The van der Waals surface area contributed by atoms with Crippen molar-refractivity contribution in [2.75, 3.05) is 0 Å². The van der Waals surface area contributed by atoms with Crippen LogP contribution in [0.25, 0.3) is 21.5 Å². The van der Waals surface area contributed by atoms with Gasteiger partial charge in [0.1, 0.15) is 14.1 Å². The lowest BCUT2D eigenvalue weighted by molar-refractivity contribution is -0.686. The quantitative estimate of drug-likeness (QED) is 0.189. The van der Waals surface area contributed by atoms with Crippen LogP contribution >= 0.6 is 0 Å². The van der Waals surface area contributed by atoms with E-state index in [4.69, 9.17) is 0 Å². The zero-order valence-electron chi connectivity index (χ0n) is 22.7. The van der Waals surface area contributed by atoms with E-state index in [-0.39, 0.29) is 48.0 Å². The molecule has 0 radical (unpaired) electrons. The van der Waals surface area contributed by atoms with Crippen LogP contribution in [0.1, 0.15) is 46.2 Å². The van der Waals surface area contributed by atoms with Crippen molar-refractivity contribution in [1.82, 2.24) is 0 Å². The molecule has 1 fully saturated rings. The largest absolute Gasteiger partial charge is 1.00 e. The Hall–Kier alpha value is -2.84. The van der Waals surface area contributed by atoms with Gasteiger partial charge in [0.15, 0.2) is 23.8 Å². The van der Waals surface area contributed by atoms with E-state index in [1.807, 2.05) is 0 Å². The van der Waals surface area contributed by atoms with Gasteiger partial charge in [-0.1, -0.05) is 97.1 Å². The average Bonchev–Trinajstić information content (AvgIpc) is 2.95. The SMILES string of the molecule is C[n+]1ccccc1C1C(c2cccc3ccccc23)C(c2cccc[n+]2C)C1c1cccc2ccccc12.[I-].[I-]. The van der Waals surface area contributed by atoms with Gasteiger partial charge in [0.2, 0.25) is 0 Å². The van der Waals surface area contributed by atoms with E-state index in [1.165, 1.54) is 44.1 Å². The molecule has 2 aromatic heterocycles. The molecule has 200 valence electrons. The molecule has 4 aromatic carbocycles. The second-order valence-corrected chi connectivity index (χ2v) is 10.7. The number of aromatic nitrogens is 2. The highest BCUT2D eigenvalue weighted by atomic mass is 127. The maximum atomic E-state index is 2.37. The molecule has 7 rings (SSSR count). The minimum atomic E-state index is 0. The zero-order chi connectivity index (χ0) is 25.6. The summed E-state index contributed by atoms with van der Waals surface area (Å²) in [5, 5.41) is 5.35. The smallest absolute Gasteiger partial charge is 0.185 e. The zero-order valence-corrected chi connectivity index (χ0v) is 27.0. The van der Waals surface area contributed by atoms with E-state index in [0.29, 0.717) is 23.7 Å². The molecule has 2 heterocycles. The van der Waals surface area contributed by atoms with Gasteiger partial charge in [0.05, 0.1) is 11.8 Å². The molecule has 1 saturated carbocycles. The van der Waals surface area contributed by atoms with Crippen molar-refractivity contribution in [3.8, 4) is 0 Å². The fourth-order valence-corrected chi connectivity index (χ4v) is 7.11. The third kappa shape index (κ3) is 4.73. The van der Waals surface area contributed by atoms with Crippen molar-refractivity contribution in [3.05, 3.63) is 156 Å². The van der Waals surface area contributed by atoms with Crippen molar-refractivity contribution in [1.29, 1.82) is 0 Å². The highest BCUT2D eigenvalue weighted by molar-refractivity contribution is 5.88. The molecule has 0 amide bonds. The topological polar surface area (TPSA) is 7.76 Å². The molecule has 0 N–H and O–H groups in total. The number of rotatable bonds is 4. The number of fused-ring (bicyclic) bond motifs is 2. The van der Waals surface area contributed by atoms with Crippen molar-refractivity contribution >= 4 is 21.5 Å². The lowest BCUT2D eigenvalue weighted by Crippen LogP contribution is -3.00. The first kappa shape index (κ1) is 28.7. The van der Waals surface area contributed by atoms with E-state index in [0.717, 1.165) is 0 Å². The maximum absolute atomic E-state index is 2.37. The van der Waals surface area contributed by atoms with Crippen LogP contribution in [0.2, 0.25) is 0 Å². The molecule has 2 nitrogen and oxygen atoms in total. The summed E-state index contributed by atoms with van der Waals surface area (Å²) < 4.78 is 4.67. The molecule has 0 atom stereocenters. The van der Waals surface area contributed by atoms with E-state index < -0.39 is 0 Å². The number of benzene rings is 4. The van der Waals surface area contributed by atoms with Gasteiger partial charge < -0.3 is 48.0 Å². The van der Waals surface area contributed by atoms with Crippen molar-refractivity contribution in [3.63, 3.8) is 0 Å². The highest BCUT2D eigenvalue weighted by Crippen LogP contribution is 2.66. The Bertz CT molecular complexity index is 1650. The summed E-state index contributed by atoms with van der Waals surface area (Å²) in [5.74, 6) is 1.35. The number of aryl methyl sites for hydroxylation is 2. The summed E-state index contributed by atoms with van der Waals surface area (Å²) >= 11 is 0. The molecule has 0 bridgehead atoms. The fourth-order valence-electron chi connectivity index (χ4n) is 7.11. The second kappa shape index (κ2) is 12.0. The monoisotopic (exact) mass is 746 g/mol. The van der Waals surface area contributed by atoms with Crippen LogP contribution in [0, 0.1) is 0 Å². The van der Waals surface area contributed by atoms with E-state index in [9.17, 15) is 0 Å². The van der Waals surface area contributed by atoms with Gasteiger partial charge in [-0.25, -0.2) is 9.13 Å². The van der Waals surface area contributed by atoms with Crippen LogP contribution in [-0.4, -0.2) is 0 Å². The van der Waals surface area contributed by atoms with E-state index in [2.05, 4.69) is 157 Å². The first-order valence-corrected chi connectivity index (χ1v) is 13.6. The van der Waals surface area contributed by atoms with E-state index >= 15 is 0 Å². The molecule has 0 aliphatic heterocycles. The maximum Gasteiger partial charge on any atom is 0.185 e. The molecular weight excluding hydrogens is 714 g/mol. The van der Waals surface area contributed by atoms with Gasteiger partial charge >= 0.3 is 0 Å². The number of hydrogen-bond acceptors (Lipinski definition) is 0. The molecule has 1 aliphatic carbocycles. The Morgan fingerprint density at radius 1 is 0.400 bits per heavy atom. The summed E-state index contributed by atoms with van der Waals surface area (Å²) in [5.41, 5.74) is 5.67. The Morgan fingerprint density at radius 3 is 1.20 bits per heavy atom. The Kier molecular flexibility index (Phi) is 8.57. The number of pyridine rings is 2. The van der Waals surface area contributed by atoms with Crippen molar-refractivity contribution < 1.29 is 57.1 Å². The van der Waals surface area contributed by atoms with Gasteiger partial charge in [0, 0.05) is 36.1 Å². The average molecular weight is 746 g/mol. The van der Waals surface area contributed by atoms with Gasteiger partial charge in [-0.3, -0.25) is 0 Å². The van der Waals surface area contributed by atoms with Crippen molar-refractivity contribution in [2.45, 2.75) is 23.7 Å². The van der Waals surface area contributed by atoms with Crippen LogP contribution in [0.4, 0.5) is 0 Å². The highest BCUT2D eigenvalue weighted by Gasteiger charge is 2.58. The number of hydrogen-bond donors (Lipinski definition) is 0. The summed E-state index contributed by atoms with van der Waals surface area (Å²) in [4.78, 5) is 0. The molecule has 0 spiro atoms. The summed E-state index contributed by atoms with van der Waals surface area (Å²) in [6.07, 6.45) is 4.40.